The molecule has 5 aromatic rings. The standard InChI is InChI=1S/C28H25ClN4O3S2/c1-15(2)22-12-20-23(13-36-22)38-26-24(20)25(35)32(19-10-4-16(3)5-11-19)27-30-31-28(33(26)27)37-14-21(34)17-6-8-18(29)9-7-17/h4-11,15,22H,12-14H2,1-3H3. The average molecular weight is 565 g/mol. The van der Waals surface area contributed by atoms with Crippen LogP contribution in [0.1, 0.15) is 40.2 Å². The van der Waals surface area contributed by atoms with Crippen molar-refractivity contribution in [1.82, 2.24) is 19.2 Å². The number of benzene rings is 2. The summed E-state index contributed by atoms with van der Waals surface area (Å²) in [6.07, 6.45) is 0.733. The monoisotopic (exact) mass is 564 g/mol. The molecule has 194 valence electrons. The summed E-state index contributed by atoms with van der Waals surface area (Å²) in [6, 6.07) is 14.7. The number of rotatable bonds is 6. The first-order valence-electron chi connectivity index (χ1n) is 12.4. The van der Waals surface area contributed by atoms with E-state index < -0.39 is 0 Å². The zero-order valence-corrected chi connectivity index (χ0v) is 23.5. The fourth-order valence-corrected chi connectivity index (χ4v) is 6.99. The summed E-state index contributed by atoms with van der Waals surface area (Å²) in [4.78, 5) is 28.8. The predicted octanol–water partition coefficient (Wildman–Crippen LogP) is 6.13. The molecule has 10 heteroatoms. The Morgan fingerprint density at radius 1 is 1.16 bits per heavy atom. The van der Waals surface area contributed by atoms with Crippen LogP contribution in [-0.4, -0.2) is 36.8 Å². The van der Waals surface area contributed by atoms with E-state index in [1.807, 2.05) is 35.6 Å². The zero-order valence-electron chi connectivity index (χ0n) is 21.1. The van der Waals surface area contributed by atoms with Gasteiger partial charge in [-0.25, -0.2) is 8.97 Å². The highest BCUT2D eigenvalue weighted by Gasteiger charge is 2.30. The number of ether oxygens (including phenoxy) is 1. The Balaban J connectivity index is 1.52. The van der Waals surface area contributed by atoms with E-state index in [0.717, 1.165) is 26.5 Å². The lowest BCUT2D eigenvalue weighted by Gasteiger charge is -2.26. The van der Waals surface area contributed by atoms with Gasteiger partial charge in [0, 0.05) is 21.9 Å². The van der Waals surface area contributed by atoms with Gasteiger partial charge in [-0.05, 0) is 54.8 Å². The molecule has 1 atom stereocenters. The Hall–Kier alpha value is -2.98. The Morgan fingerprint density at radius 2 is 1.89 bits per heavy atom. The van der Waals surface area contributed by atoms with Crippen LogP contribution < -0.4 is 5.56 Å². The van der Waals surface area contributed by atoms with Crippen molar-refractivity contribution in [1.29, 1.82) is 0 Å². The summed E-state index contributed by atoms with van der Waals surface area (Å²) in [5.41, 5.74) is 3.34. The summed E-state index contributed by atoms with van der Waals surface area (Å²) in [7, 11) is 0. The Morgan fingerprint density at radius 3 is 2.61 bits per heavy atom. The van der Waals surface area contributed by atoms with Crippen molar-refractivity contribution in [3.8, 4) is 5.69 Å². The topological polar surface area (TPSA) is 78.5 Å². The van der Waals surface area contributed by atoms with Crippen molar-refractivity contribution in [2.45, 2.75) is 45.1 Å². The normalized spacial score (nSPS) is 15.4. The fourth-order valence-electron chi connectivity index (χ4n) is 4.74. The van der Waals surface area contributed by atoms with Gasteiger partial charge >= 0.3 is 0 Å². The number of carbonyl (C=O) groups excluding carboxylic acids is 1. The van der Waals surface area contributed by atoms with Crippen LogP contribution in [0.3, 0.4) is 0 Å². The van der Waals surface area contributed by atoms with E-state index in [-0.39, 0.29) is 23.2 Å². The van der Waals surface area contributed by atoms with Crippen LogP contribution in [0.2, 0.25) is 5.02 Å². The van der Waals surface area contributed by atoms with Crippen molar-refractivity contribution < 1.29 is 9.53 Å². The lowest BCUT2D eigenvalue weighted by molar-refractivity contribution is 0.00200. The van der Waals surface area contributed by atoms with Crippen LogP contribution in [0.15, 0.2) is 58.5 Å². The molecule has 0 bridgehead atoms. The number of aryl methyl sites for hydroxylation is 1. The van der Waals surface area contributed by atoms with Crippen LogP contribution in [-0.2, 0) is 17.8 Å². The fraction of sp³-hybridized carbons (Fsp3) is 0.286. The molecule has 4 heterocycles. The second-order valence-corrected chi connectivity index (χ2v) is 12.3. The molecule has 0 fully saturated rings. The minimum absolute atomic E-state index is 0.0369. The number of ketones is 1. The molecule has 1 aliphatic heterocycles. The maximum absolute atomic E-state index is 14.1. The number of fused-ring (bicyclic) bond motifs is 5. The molecule has 1 aliphatic rings. The third-order valence-corrected chi connectivity index (χ3v) is 9.25. The van der Waals surface area contributed by atoms with Gasteiger partial charge < -0.3 is 4.74 Å². The van der Waals surface area contributed by atoms with Crippen LogP contribution in [0.25, 0.3) is 21.7 Å². The summed E-state index contributed by atoms with van der Waals surface area (Å²) < 4.78 is 9.68. The summed E-state index contributed by atoms with van der Waals surface area (Å²) in [5.74, 6) is 0.899. The molecule has 0 aliphatic carbocycles. The molecule has 7 nitrogen and oxygen atoms in total. The van der Waals surface area contributed by atoms with E-state index in [1.165, 1.54) is 11.8 Å². The van der Waals surface area contributed by atoms with E-state index in [0.29, 0.717) is 45.9 Å². The first-order chi connectivity index (χ1) is 18.3. The molecule has 3 aromatic heterocycles. The molecule has 2 aromatic carbocycles. The maximum atomic E-state index is 14.1. The van der Waals surface area contributed by atoms with Crippen molar-refractivity contribution in [3.63, 3.8) is 0 Å². The second-order valence-electron chi connectivity index (χ2n) is 9.79. The SMILES string of the molecule is Cc1ccc(-n2c(=O)c3c4c(sc3n3c(SCC(=O)c5ccc(Cl)cc5)nnc23)COC(C(C)C)C4)cc1. The number of thioether (sulfide) groups is 1. The highest BCUT2D eigenvalue weighted by atomic mass is 35.5. The molecule has 0 saturated carbocycles. The molecule has 1 unspecified atom stereocenters. The van der Waals surface area contributed by atoms with Gasteiger partial charge in [-0.2, -0.15) is 0 Å². The molecule has 6 rings (SSSR count). The minimum Gasteiger partial charge on any atom is -0.372 e. The number of carbonyl (C=O) groups is 1. The lowest BCUT2D eigenvalue weighted by atomic mass is 9.96. The highest BCUT2D eigenvalue weighted by molar-refractivity contribution is 7.99. The van der Waals surface area contributed by atoms with Crippen LogP contribution in [0.4, 0.5) is 0 Å². The molecule has 0 radical (unpaired) electrons. The van der Waals surface area contributed by atoms with Crippen LogP contribution >= 0.6 is 34.7 Å². The third-order valence-electron chi connectivity index (χ3n) is 6.88. The first kappa shape index (κ1) is 25.3. The Labute approximate surface area is 232 Å². The van der Waals surface area contributed by atoms with E-state index in [1.54, 1.807) is 40.2 Å². The molecule has 0 saturated heterocycles. The predicted molar refractivity (Wildman–Crippen MR) is 152 cm³/mol. The van der Waals surface area contributed by atoms with Gasteiger partial charge in [0.05, 0.1) is 29.5 Å². The van der Waals surface area contributed by atoms with Crippen molar-refractivity contribution >= 4 is 56.5 Å². The molecule has 0 spiro atoms. The second kappa shape index (κ2) is 9.96. The van der Waals surface area contributed by atoms with Gasteiger partial charge in [-0.3, -0.25) is 9.59 Å². The highest BCUT2D eigenvalue weighted by Crippen LogP contribution is 2.37. The summed E-state index contributed by atoms with van der Waals surface area (Å²) in [5, 5.41) is 10.7. The number of nitrogens with zero attached hydrogens (tertiary/aromatic N) is 4. The van der Waals surface area contributed by atoms with E-state index >= 15 is 0 Å². The van der Waals surface area contributed by atoms with Gasteiger partial charge in [0.25, 0.3) is 5.56 Å². The smallest absolute Gasteiger partial charge is 0.268 e. The van der Waals surface area contributed by atoms with E-state index in [4.69, 9.17) is 16.3 Å². The molecule has 0 N–H and O–H groups in total. The maximum Gasteiger partial charge on any atom is 0.268 e. The Bertz CT molecular complexity index is 1740. The van der Waals surface area contributed by atoms with E-state index in [2.05, 4.69) is 24.0 Å². The molecular weight excluding hydrogens is 540 g/mol. The minimum atomic E-state index is -0.112. The van der Waals surface area contributed by atoms with E-state index in [9.17, 15) is 9.59 Å². The average Bonchev–Trinajstić information content (AvgIpc) is 3.50. The third kappa shape index (κ3) is 4.37. The lowest BCUT2D eigenvalue weighted by Crippen LogP contribution is -2.28. The van der Waals surface area contributed by atoms with Gasteiger partial charge in [0.1, 0.15) is 4.83 Å². The largest absolute Gasteiger partial charge is 0.372 e. The summed E-state index contributed by atoms with van der Waals surface area (Å²) in [6.45, 7) is 6.76. The molecular formula is C28H25ClN4O3S2. The van der Waals surface area contributed by atoms with Crippen LogP contribution in [0.5, 0.6) is 0 Å². The van der Waals surface area contributed by atoms with Gasteiger partial charge in [0.15, 0.2) is 10.9 Å². The molecule has 0 amide bonds. The zero-order chi connectivity index (χ0) is 26.6. The van der Waals surface area contributed by atoms with Gasteiger partial charge in [-0.1, -0.05) is 54.9 Å². The van der Waals surface area contributed by atoms with Crippen molar-refractivity contribution in [2.75, 3.05) is 5.75 Å². The van der Waals surface area contributed by atoms with Crippen molar-refractivity contribution in [2.24, 2.45) is 5.92 Å². The summed E-state index contributed by atoms with van der Waals surface area (Å²) >= 11 is 8.83. The first-order valence-corrected chi connectivity index (χ1v) is 14.5. The number of halogens is 1. The quantitative estimate of drug-likeness (QED) is 0.182. The molecule has 38 heavy (non-hydrogen) atoms. The van der Waals surface area contributed by atoms with Gasteiger partial charge in [-0.15, -0.1) is 21.5 Å². The van der Waals surface area contributed by atoms with Gasteiger partial charge in [0.2, 0.25) is 5.78 Å². The number of hydrogen-bond donors (Lipinski definition) is 0. The number of Topliss-reactive ketones (excluding diaryl/α,β-unsaturated/α-hetero) is 1. The number of hydrogen-bond acceptors (Lipinski definition) is 7. The number of thiophene rings is 1. The van der Waals surface area contributed by atoms with Crippen LogP contribution in [0, 0.1) is 12.8 Å². The number of aromatic nitrogens is 4. The Kier molecular flexibility index (Phi) is 6.63. The van der Waals surface area contributed by atoms with Crippen molar-refractivity contribution in [3.05, 3.63) is 85.5 Å².